The molecule has 1 fully saturated rings. The first-order valence-electron chi connectivity index (χ1n) is 10.5. The standard InChI is InChI=1S/C21H34N2O4S/c1-3-16-22(17-4-2)28(26,27)20-14-12-19(13-15-20)23(21(24)25)18-10-8-6-5-7-9-11-18/h12-15,18H,3-11,16-17H2,1-2H3,(H,24,25)/p-1. The third-order valence-electron chi connectivity index (χ3n) is 5.34. The molecule has 0 saturated heterocycles. The molecule has 0 aliphatic heterocycles. The first kappa shape index (κ1) is 22.7. The molecule has 1 aromatic rings. The Bertz CT molecular complexity index is 704. The quantitative estimate of drug-likeness (QED) is 0.655. The van der Waals surface area contributed by atoms with Gasteiger partial charge in [0.05, 0.1) is 4.90 Å². The highest BCUT2D eigenvalue weighted by molar-refractivity contribution is 7.89. The maximum Gasteiger partial charge on any atom is 0.243 e. The summed E-state index contributed by atoms with van der Waals surface area (Å²) in [4.78, 5) is 13.4. The van der Waals surface area contributed by atoms with E-state index in [0.29, 0.717) is 18.8 Å². The van der Waals surface area contributed by atoms with Crippen molar-refractivity contribution in [2.45, 2.75) is 82.6 Å². The molecule has 158 valence electrons. The van der Waals surface area contributed by atoms with Crippen LogP contribution in [0.15, 0.2) is 29.2 Å². The summed E-state index contributed by atoms with van der Waals surface area (Å²) in [5, 5.41) is 11.8. The zero-order chi connectivity index (χ0) is 20.6. The Kier molecular flexibility index (Phi) is 8.76. The maximum atomic E-state index is 12.9. The molecule has 1 saturated carbocycles. The van der Waals surface area contributed by atoms with Crippen LogP contribution in [0.4, 0.5) is 10.5 Å². The van der Waals surface area contributed by atoms with Crippen molar-refractivity contribution in [3.63, 3.8) is 0 Å². The molecule has 0 aromatic heterocycles. The summed E-state index contributed by atoms with van der Waals surface area (Å²) in [6.45, 7) is 4.86. The zero-order valence-electron chi connectivity index (χ0n) is 17.1. The molecule has 0 unspecified atom stereocenters. The van der Waals surface area contributed by atoms with E-state index in [1.54, 1.807) is 12.1 Å². The fourth-order valence-corrected chi connectivity index (χ4v) is 5.56. The van der Waals surface area contributed by atoms with Gasteiger partial charge in [-0.2, -0.15) is 4.31 Å². The molecule has 0 radical (unpaired) electrons. The monoisotopic (exact) mass is 409 g/mol. The van der Waals surface area contributed by atoms with E-state index in [2.05, 4.69) is 0 Å². The van der Waals surface area contributed by atoms with Gasteiger partial charge in [0.15, 0.2) is 0 Å². The second kappa shape index (κ2) is 10.8. The number of hydrogen-bond acceptors (Lipinski definition) is 4. The highest BCUT2D eigenvalue weighted by Gasteiger charge is 2.25. The molecule has 1 aliphatic carbocycles. The normalized spacial score (nSPS) is 16.5. The van der Waals surface area contributed by atoms with Gasteiger partial charge in [0, 0.05) is 24.8 Å². The van der Waals surface area contributed by atoms with Crippen LogP contribution < -0.4 is 10.0 Å². The second-order valence-electron chi connectivity index (χ2n) is 7.53. The minimum absolute atomic E-state index is 0.107. The molecule has 1 aliphatic rings. The fraction of sp³-hybridized carbons (Fsp3) is 0.667. The lowest BCUT2D eigenvalue weighted by molar-refractivity contribution is -0.247. The lowest BCUT2D eigenvalue weighted by Crippen LogP contribution is -2.48. The minimum atomic E-state index is -3.57. The second-order valence-corrected chi connectivity index (χ2v) is 9.47. The molecule has 0 bridgehead atoms. The molecule has 1 aromatic carbocycles. The van der Waals surface area contributed by atoms with Crippen molar-refractivity contribution < 1.29 is 18.3 Å². The Labute approximate surface area is 169 Å². The van der Waals surface area contributed by atoms with Gasteiger partial charge in [-0.15, -0.1) is 0 Å². The van der Waals surface area contributed by atoms with Crippen LogP contribution in [0.3, 0.4) is 0 Å². The molecule has 0 atom stereocenters. The van der Waals surface area contributed by atoms with Gasteiger partial charge in [-0.25, -0.2) is 8.42 Å². The molecule has 7 heteroatoms. The van der Waals surface area contributed by atoms with E-state index in [4.69, 9.17) is 0 Å². The number of anilines is 1. The van der Waals surface area contributed by atoms with Crippen molar-refractivity contribution in [3.05, 3.63) is 24.3 Å². The summed E-state index contributed by atoms with van der Waals surface area (Å²) < 4.78 is 27.3. The molecular formula is C21H33N2O4S-. The molecule has 6 nitrogen and oxygen atoms in total. The van der Waals surface area contributed by atoms with Crippen molar-refractivity contribution in [2.24, 2.45) is 0 Å². The predicted octanol–water partition coefficient (Wildman–Crippen LogP) is 3.76. The zero-order valence-corrected chi connectivity index (χ0v) is 17.9. The van der Waals surface area contributed by atoms with Gasteiger partial charge in [0.25, 0.3) is 0 Å². The van der Waals surface area contributed by atoms with Crippen LogP contribution in [-0.4, -0.2) is 37.9 Å². The largest absolute Gasteiger partial charge is 0.530 e. The molecule has 28 heavy (non-hydrogen) atoms. The van der Waals surface area contributed by atoms with Crippen LogP contribution in [0.5, 0.6) is 0 Å². The highest BCUT2D eigenvalue weighted by Crippen LogP contribution is 2.28. The van der Waals surface area contributed by atoms with Gasteiger partial charge in [-0.05, 0) is 49.9 Å². The van der Waals surface area contributed by atoms with Gasteiger partial charge in [0.2, 0.25) is 10.0 Å². The summed E-state index contributed by atoms with van der Waals surface area (Å²) in [6, 6.07) is 6.11. The number of hydrogen-bond donors (Lipinski definition) is 0. The predicted molar refractivity (Wildman–Crippen MR) is 110 cm³/mol. The van der Waals surface area contributed by atoms with Crippen LogP contribution in [0.25, 0.3) is 0 Å². The molecule has 0 spiro atoms. The smallest absolute Gasteiger partial charge is 0.243 e. The number of carbonyl (C=O) groups is 1. The van der Waals surface area contributed by atoms with E-state index in [0.717, 1.165) is 51.4 Å². The first-order chi connectivity index (χ1) is 13.4. The summed E-state index contributed by atoms with van der Waals surface area (Å²) in [6.07, 6.45) is 7.36. The number of sulfonamides is 1. The van der Waals surface area contributed by atoms with Crippen LogP contribution >= 0.6 is 0 Å². The number of carboxylic acid groups (broad SMARTS) is 1. The number of nitrogens with zero attached hydrogens (tertiary/aromatic N) is 2. The van der Waals surface area contributed by atoms with Gasteiger partial charge in [-0.1, -0.05) is 46.0 Å². The lowest BCUT2D eigenvalue weighted by atomic mass is 9.95. The van der Waals surface area contributed by atoms with E-state index >= 15 is 0 Å². The number of carbonyl (C=O) groups excluding carboxylic acids is 1. The Morgan fingerprint density at radius 3 is 1.93 bits per heavy atom. The average Bonchev–Trinajstić information content (AvgIpc) is 2.63. The Balaban J connectivity index is 2.25. The van der Waals surface area contributed by atoms with E-state index in [-0.39, 0.29) is 10.9 Å². The van der Waals surface area contributed by atoms with Crippen molar-refractivity contribution in [2.75, 3.05) is 18.0 Å². The topological polar surface area (TPSA) is 80.8 Å². The van der Waals surface area contributed by atoms with Crippen LogP contribution in [0.1, 0.15) is 71.6 Å². The van der Waals surface area contributed by atoms with Crippen LogP contribution in [0.2, 0.25) is 0 Å². The molecule has 1 amide bonds. The van der Waals surface area contributed by atoms with Crippen molar-refractivity contribution in [1.82, 2.24) is 4.31 Å². The third kappa shape index (κ3) is 5.70. The number of rotatable bonds is 8. The number of amides is 1. The molecule has 0 N–H and O–H groups in total. The minimum Gasteiger partial charge on any atom is -0.530 e. The first-order valence-corrected chi connectivity index (χ1v) is 12.0. The Hall–Kier alpha value is -1.60. The SMILES string of the molecule is CCCN(CCC)S(=O)(=O)c1ccc(N(C(=O)[O-])C2CCCCCCC2)cc1. The van der Waals surface area contributed by atoms with Gasteiger partial charge >= 0.3 is 0 Å². The summed E-state index contributed by atoms with van der Waals surface area (Å²) in [7, 11) is -3.57. The van der Waals surface area contributed by atoms with Gasteiger partial charge < -0.3 is 14.8 Å². The Morgan fingerprint density at radius 2 is 1.46 bits per heavy atom. The van der Waals surface area contributed by atoms with Crippen molar-refractivity contribution >= 4 is 21.8 Å². The van der Waals surface area contributed by atoms with E-state index in [1.807, 2.05) is 13.8 Å². The van der Waals surface area contributed by atoms with Crippen LogP contribution in [-0.2, 0) is 10.0 Å². The van der Waals surface area contributed by atoms with Crippen molar-refractivity contribution in [1.29, 1.82) is 0 Å². The summed E-state index contributed by atoms with van der Waals surface area (Å²) >= 11 is 0. The molecule has 2 rings (SSSR count). The van der Waals surface area contributed by atoms with E-state index < -0.39 is 16.1 Å². The third-order valence-corrected chi connectivity index (χ3v) is 7.25. The fourth-order valence-electron chi connectivity index (χ4n) is 3.94. The van der Waals surface area contributed by atoms with Gasteiger partial charge in [-0.3, -0.25) is 0 Å². The van der Waals surface area contributed by atoms with Crippen LogP contribution in [0, 0.1) is 0 Å². The molecule has 0 heterocycles. The number of benzene rings is 1. The average molecular weight is 410 g/mol. The maximum absolute atomic E-state index is 12.9. The van der Waals surface area contributed by atoms with Crippen molar-refractivity contribution in [3.8, 4) is 0 Å². The Morgan fingerprint density at radius 1 is 0.964 bits per heavy atom. The van der Waals surface area contributed by atoms with E-state index in [9.17, 15) is 18.3 Å². The van der Waals surface area contributed by atoms with E-state index in [1.165, 1.54) is 27.8 Å². The highest BCUT2D eigenvalue weighted by atomic mass is 32.2. The summed E-state index contributed by atoms with van der Waals surface area (Å²) in [5.41, 5.74) is 0.488. The molecular weight excluding hydrogens is 376 g/mol. The summed E-state index contributed by atoms with van der Waals surface area (Å²) in [5.74, 6) is 0. The van der Waals surface area contributed by atoms with Gasteiger partial charge in [0.1, 0.15) is 6.09 Å². The lowest BCUT2D eigenvalue weighted by Gasteiger charge is -2.35.